The topological polar surface area (TPSA) is 95.9 Å². The van der Waals surface area contributed by atoms with Gasteiger partial charge in [-0.05, 0) is 57.8 Å². The molecule has 0 radical (unpaired) electrons. The molecule has 1 amide bonds. The van der Waals surface area contributed by atoms with E-state index < -0.39 is 12.1 Å². The van der Waals surface area contributed by atoms with Crippen molar-refractivity contribution in [1.82, 2.24) is 5.32 Å². The van der Waals surface area contributed by atoms with Gasteiger partial charge in [-0.1, -0.05) is 353 Å². The average Bonchev–Trinajstić information content (AvgIpc) is 3.44. The van der Waals surface area contributed by atoms with Crippen molar-refractivity contribution in [3.63, 3.8) is 0 Å². The molecule has 0 spiro atoms. The van der Waals surface area contributed by atoms with Gasteiger partial charge in [-0.15, -0.1) is 0 Å². The summed E-state index contributed by atoms with van der Waals surface area (Å²) in [6.45, 7) is 4.92. The monoisotopic (exact) mass is 1100 g/mol. The van der Waals surface area contributed by atoms with E-state index in [9.17, 15) is 19.8 Å². The number of rotatable bonds is 67. The lowest BCUT2D eigenvalue weighted by Crippen LogP contribution is -2.45. The third-order valence-electron chi connectivity index (χ3n) is 16.7. The first-order valence-electron chi connectivity index (χ1n) is 35.6. The number of unbranched alkanes of at least 4 members (excludes halogenated alkanes) is 54. The maximum atomic E-state index is 12.5. The fourth-order valence-corrected chi connectivity index (χ4v) is 11.3. The molecule has 0 rings (SSSR count). The first kappa shape index (κ1) is 76.3. The smallest absolute Gasteiger partial charge is 0.305 e. The Morgan fingerprint density at radius 2 is 0.603 bits per heavy atom. The van der Waals surface area contributed by atoms with Gasteiger partial charge < -0.3 is 20.3 Å². The van der Waals surface area contributed by atoms with Crippen LogP contribution in [0.5, 0.6) is 0 Å². The van der Waals surface area contributed by atoms with Crippen LogP contribution in [0.2, 0.25) is 0 Å². The molecule has 0 aliphatic carbocycles. The number of carbonyl (C=O) groups is 2. The van der Waals surface area contributed by atoms with Gasteiger partial charge in [0, 0.05) is 12.8 Å². The van der Waals surface area contributed by atoms with Crippen LogP contribution in [-0.2, 0) is 14.3 Å². The maximum absolute atomic E-state index is 12.5. The number of nitrogens with one attached hydrogen (secondary N) is 1. The minimum atomic E-state index is -0.840. The van der Waals surface area contributed by atoms with Crippen LogP contribution in [-0.4, -0.2) is 47.4 Å². The van der Waals surface area contributed by atoms with Crippen LogP contribution in [0.4, 0.5) is 0 Å². The second-order valence-electron chi connectivity index (χ2n) is 24.6. The fraction of sp³-hybridized carbons (Fsp3) is 0.917. The molecule has 0 saturated heterocycles. The van der Waals surface area contributed by atoms with Gasteiger partial charge >= 0.3 is 5.97 Å². The Labute approximate surface area is 488 Å². The van der Waals surface area contributed by atoms with Crippen molar-refractivity contribution in [2.45, 2.75) is 411 Å². The summed E-state index contributed by atoms with van der Waals surface area (Å²) in [5.41, 5.74) is 0. The number of esters is 1. The van der Waals surface area contributed by atoms with Gasteiger partial charge in [-0.25, -0.2) is 0 Å². The number of hydrogen-bond donors (Lipinski definition) is 3. The first-order valence-corrected chi connectivity index (χ1v) is 35.6. The number of carbonyl (C=O) groups excluding carboxylic acids is 2. The second-order valence-corrected chi connectivity index (χ2v) is 24.6. The van der Waals surface area contributed by atoms with Crippen molar-refractivity contribution in [1.29, 1.82) is 0 Å². The van der Waals surface area contributed by atoms with Crippen molar-refractivity contribution in [2.24, 2.45) is 0 Å². The molecule has 2 atom stereocenters. The number of aliphatic hydroxyl groups excluding tert-OH is 2. The molecule has 0 aromatic rings. The molecular weight excluding hydrogens is 959 g/mol. The minimum absolute atomic E-state index is 0.0182. The van der Waals surface area contributed by atoms with Crippen LogP contribution in [0.25, 0.3) is 0 Å². The van der Waals surface area contributed by atoms with E-state index in [1.54, 1.807) is 6.08 Å². The lowest BCUT2D eigenvalue weighted by Gasteiger charge is -2.20. The molecular formula is C72H139NO5. The van der Waals surface area contributed by atoms with Crippen molar-refractivity contribution in [2.75, 3.05) is 13.2 Å². The molecule has 0 aliphatic heterocycles. The zero-order valence-corrected chi connectivity index (χ0v) is 52.9. The Bertz CT molecular complexity index is 1220. The van der Waals surface area contributed by atoms with E-state index in [1.165, 1.54) is 327 Å². The summed E-state index contributed by atoms with van der Waals surface area (Å²) in [4.78, 5) is 24.5. The Balaban J connectivity index is 3.31. The average molecular weight is 1100 g/mol. The molecule has 3 N–H and O–H groups in total. The molecule has 0 bridgehead atoms. The SMILES string of the molecule is CCCCCCCC/C=C\CCCCCCCCCC(=O)OCCCCCCCCCCCCCCCCCCCCCCCCCCCCCCCCCCC(=O)NC(CO)C(O)/C=C/CCCCCCCCCCCC. The zero-order valence-electron chi connectivity index (χ0n) is 52.9. The van der Waals surface area contributed by atoms with Gasteiger partial charge in [0.1, 0.15) is 0 Å². The molecule has 0 heterocycles. The van der Waals surface area contributed by atoms with E-state index in [-0.39, 0.29) is 18.5 Å². The van der Waals surface area contributed by atoms with E-state index in [1.807, 2.05) is 6.08 Å². The molecule has 6 heteroatoms. The summed E-state index contributed by atoms with van der Waals surface area (Å²) in [5, 5.41) is 23.1. The Morgan fingerprint density at radius 1 is 0.346 bits per heavy atom. The van der Waals surface area contributed by atoms with Gasteiger partial charge in [0.15, 0.2) is 0 Å². The molecule has 6 nitrogen and oxygen atoms in total. The van der Waals surface area contributed by atoms with Crippen LogP contribution < -0.4 is 5.32 Å². The Morgan fingerprint density at radius 3 is 0.910 bits per heavy atom. The standard InChI is InChI=1S/C72H139NO5/c1-3-5-7-9-11-13-15-17-18-35-39-42-46-50-54-58-62-66-72(77)78-67-63-59-55-51-47-43-40-37-34-32-30-28-26-24-22-20-19-21-23-25-27-29-31-33-36-38-41-45-49-53-57-61-65-71(76)73-69(68-74)70(75)64-60-56-52-48-44-16-14-12-10-8-6-4-2/h17-18,60,64,69-70,74-75H,3-16,19-59,61-63,65-68H2,1-2H3,(H,73,76)/b18-17-,64-60+. The van der Waals surface area contributed by atoms with Gasteiger partial charge in [0.2, 0.25) is 5.91 Å². The largest absolute Gasteiger partial charge is 0.466 e. The van der Waals surface area contributed by atoms with Crippen molar-refractivity contribution >= 4 is 11.9 Å². The summed E-state index contributed by atoms with van der Waals surface area (Å²) in [6.07, 6.45) is 85.6. The van der Waals surface area contributed by atoms with Crippen molar-refractivity contribution in [3.8, 4) is 0 Å². The third-order valence-corrected chi connectivity index (χ3v) is 16.7. The normalized spacial score (nSPS) is 12.6. The van der Waals surface area contributed by atoms with Crippen LogP contribution in [0.15, 0.2) is 24.3 Å². The van der Waals surface area contributed by atoms with E-state index in [0.717, 1.165) is 44.9 Å². The number of ether oxygens (including phenoxy) is 1. The van der Waals surface area contributed by atoms with Crippen molar-refractivity contribution in [3.05, 3.63) is 24.3 Å². The van der Waals surface area contributed by atoms with E-state index >= 15 is 0 Å². The molecule has 0 fully saturated rings. The highest BCUT2D eigenvalue weighted by molar-refractivity contribution is 5.76. The van der Waals surface area contributed by atoms with E-state index in [2.05, 4.69) is 31.3 Å². The maximum Gasteiger partial charge on any atom is 0.305 e. The fourth-order valence-electron chi connectivity index (χ4n) is 11.3. The van der Waals surface area contributed by atoms with Gasteiger partial charge in [0.25, 0.3) is 0 Å². The lowest BCUT2D eigenvalue weighted by atomic mass is 10.0. The Kier molecular flexibility index (Phi) is 66.4. The minimum Gasteiger partial charge on any atom is -0.466 e. The molecule has 462 valence electrons. The summed E-state index contributed by atoms with van der Waals surface area (Å²) in [6, 6.07) is -0.623. The molecule has 0 saturated carbocycles. The summed E-state index contributed by atoms with van der Waals surface area (Å²) in [7, 11) is 0. The second kappa shape index (κ2) is 67.8. The predicted octanol–water partition coefficient (Wildman–Crippen LogP) is 22.9. The van der Waals surface area contributed by atoms with Gasteiger partial charge in [-0.2, -0.15) is 0 Å². The molecule has 2 unspecified atom stereocenters. The number of aliphatic hydroxyl groups is 2. The molecule has 0 aliphatic rings. The van der Waals surface area contributed by atoms with Crippen LogP contribution >= 0.6 is 0 Å². The molecule has 78 heavy (non-hydrogen) atoms. The lowest BCUT2D eigenvalue weighted by molar-refractivity contribution is -0.143. The van der Waals surface area contributed by atoms with Gasteiger partial charge in [-0.3, -0.25) is 9.59 Å². The third kappa shape index (κ3) is 63.5. The van der Waals surface area contributed by atoms with E-state index in [0.29, 0.717) is 19.4 Å². The van der Waals surface area contributed by atoms with Crippen LogP contribution in [0.1, 0.15) is 399 Å². The summed E-state index contributed by atoms with van der Waals surface area (Å²) >= 11 is 0. The van der Waals surface area contributed by atoms with Crippen LogP contribution in [0.3, 0.4) is 0 Å². The highest BCUT2D eigenvalue weighted by Crippen LogP contribution is 2.19. The van der Waals surface area contributed by atoms with E-state index in [4.69, 9.17) is 4.74 Å². The van der Waals surface area contributed by atoms with Crippen molar-refractivity contribution < 1.29 is 24.5 Å². The Hall–Kier alpha value is -1.66. The highest BCUT2D eigenvalue weighted by atomic mass is 16.5. The number of hydrogen-bond acceptors (Lipinski definition) is 5. The zero-order chi connectivity index (χ0) is 56.4. The van der Waals surface area contributed by atoms with Gasteiger partial charge in [0.05, 0.1) is 25.4 Å². The predicted molar refractivity (Wildman–Crippen MR) is 343 cm³/mol. The summed E-state index contributed by atoms with van der Waals surface area (Å²) < 4.78 is 5.51. The number of amides is 1. The number of allylic oxidation sites excluding steroid dienone is 3. The quantitative estimate of drug-likeness (QED) is 0.0320. The molecule has 0 aromatic carbocycles. The van der Waals surface area contributed by atoms with Crippen LogP contribution in [0, 0.1) is 0 Å². The first-order chi connectivity index (χ1) is 38.5. The molecule has 0 aromatic heterocycles. The highest BCUT2D eigenvalue weighted by Gasteiger charge is 2.18. The summed E-state index contributed by atoms with van der Waals surface area (Å²) in [5.74, 6) is -0.0442.